The summed E-state index contributed by atoms with van der Waals surface area (Å²) in [5.74, 6) is 1.82. The number of nitrogens with zero attached hydrogens (tertiary/aromatic N) is 5. The molecule has 1 heterocycles. The first kappa shape index (κ1) is 27.0. The number of piperidine rings is 1. The van der Waals surface area contributed by atoms with Crippen LogP contribution in [0.4, 0.5) is 10.1 Å². The minimum absolute atomic E-state index is 0.224. The van der Waals surface area contributed by atoms with Crippen LogP contribution in [0, 0.1) is 5.82 Å². The second-order valence-corrected chi connectivity index (χ2v) is 9.87. The van der Waals surface area contributed by atoms with E-state index in [1.54, 1.807) is 6.07 Å². The Morgan fingerprint density at radius 3 is 2.34 bits per heavy atom. The molecule has 0 atom stereocenters. The number of amidine groups is 1. The fourth-order valence-electron chi connectivity index (χ4n) is 4.81. The number of benzene rings is 1. The Bertz CT molecular complexity index is 901. The first-order valence-electron chi connectivity index (χ1n) is 12.9. The summed E-state index contributed by atoms with van der Waals surface area (Å²) in [6.45, 7) is 8.24. The van der Waals surface area contributed by atoms with E-state index in [9.17, 15) is 4.39 Å². The van der Waals surface area contributed by atoms with Crippen LogP contribution in [-0.2, 0) is 0 Å². The van der Waals surface area contributed by atoms with E-state index in [0.717, 1.165) is 44.6 Å². The topological polar surface area (TPSA) is 55.7 Å². The summed E-state index contributed by atoms with van der Waals surface area (Å²) in [5.41, 5.74) is 0.696. The molecule has 8 heteroatoms. The summed E-state index contributed by atoms with van der Waals surface area (Å²) >= 11 is 0. The first-order chi connectivity index (χ1) is 16.8. The third-order valence-corrected chi connectivity index (χ3v) is 7.28. The molecule has 0 radical (unpaired) electrons. The Morgan fingerprint density at radius 1 is 1.09 bits per heavy atom. The van der Waals surface area contributed by atoms with Gasteiger partial charge < -0.3 is 24.8 Å². The standard InChI is InChI=1S/C27H43FN6O/c1-20(29-22-11-9-7-8-10-12-22)30-27(34(5)23-15-17-32(3)18-16-23)31-21(2)33(4)24-13-14-26(35-6)25(28)19-24/h13-14,19,22-23,29H,1,7-12,15-18H2,2-6H3/b30-27+,31-21+. The molecule has 1 aliphatic carbocycles. The van der Waals surface area contributed by atoms with Gasteiger partial charge in [0.2, 0.25) is 5.96 Å². The van der Waals surface area contributed by atoms with Crippen molar-refractivity contribution in [2.24, 2.45) is 9.98 Å². The molecule has 7 nitrogen and oxygen atoms in total. The molecule has 0 unspecified atom stereocenters. The van der Waals surface area contributed by atoms with Gasteiger partial charge >= 0.3 is 0 Å². The number of aliphatic imine (C=N–C) groups is 2. The molecule has 1 N–H and O–H groups in total. The van der Waals surface area contributed by atoms with Gasteiger partial charge in [0.1, 0.15) is 11.7 Å². The van der Waals surface area contributed by atoms with Crippen LogP contribution < -0.4 is 15.0 Å². The molecule has 2 aliphatic rings. The predicted molar refractivity (Wildman–Crippen MR) is 144 cm³/mol. The second kappa shape index (κ2) is 12.9. The molecule has 1 aromatic carbocycles. The third-order valence-electron chi connectivity index (χ3n) is 7.28. The van der Waals surface area contributed by atoms with Gasteiger partial charge in [-0.15, -0.1) is 0 Å². The molecule has 194 valence electrons. The minimum Gasteiger partial charge on any atom is -0.494 e. The second-order valence-electron chi connectivity index (χ2n) is 9.87. The maximum Gasteiger partial charge on any atom is 0.228 e. The highest BCUT2D eigenvalue weighted by molar-refractivity contribution is 6.03. The Balaban J connectivity index is 1.82. The highest BCUT2D eigenvalue weighted by atomic mass is 19.1. The van der Waals surface area contributed by atoms with Crippen molar-refractivity contribution in [3.8, 4) is 5.75 Å². The van der Waals surface area contributed by atoms with Crippen molar-refractivity contribution >= 4 is 17.5 Å². The van der Waals surface area contributed by atoms with E-state index >= 15 is 0 Å². The van der Waals surface area contributed by atoms with Gasteiger partial charge in [-0.2, -0.15) is 9.98 Å². The number of rotatable bonds is 6. The maximum atomic E-state index is 14.3. The van der Waals surface area contributed by atoms with E-state index < -0.39 is 5.82 Å². The molecule has 0 amide bonds. The number of ether oxygens (including phenoxy) is 1. The Labute approximate surface area is 210 Å². The van der Waals surface area contributed by atoms with E-state index in [0.29, 0.717) is 29.6 Å². The zero-order chi connectivity index (χ0) is 25.4. The summed E-state index contributed by atoms with van der Waals surface area (Å²) in [6.07, 6.45) is 9.53. The normalized spacial score (nSPS) is 19.3. The lowest BCUT2D eigenvalue weighted by Gasteiger charge is -2.36. The molecule has 1 saturated carbocycles. The van der Waals surface area contributed by atoms with Gasteiger partial charge in [-0.1, -0.05) is 32.3 Å². The van der Waals surface area contributed by atoms with Crippen LogP contribution in [0.2, 0.25) is 0 Å². The fraction of sp³-hybridized carbons (Fsp3) is 0.630. The van der Waals surface area contributed by atoms with Gasteiger partial charge in [-0.3, -0.25) is 0 Å². The van der Waals surface area contributed by atoms with E-state index in [1.165, 1.54) is 38.9 Å². The van der Waals surface area contributed by atoms with Crippen molar-refractivity contribution in [3.05, 3.63) is 36.4 Å². The van der Waals surface area contributed by atoms with E-state index in [-0.39, 0.29) is 5.75 Å². The number of anilines is 1. The lowest BCUT2D eigenvalue weighted by molar-refractivity contribution is 0.191. The van der Waals surface area contributed by atoms with Crippen LogP contribution in [-0.4, -0.2) is 75.0 Å². The first-order valence-corrected chi connectivity index (χ1v) is 12.9. The molecule has 1 aromatic rings. The van der Waals surface area contributed by atoms with Crippen molar-refractivity contribution in [2.75, 3.05) is 46.2 Å². The van der Waals surface area contributed by atoms with Gasteiger partial charge in [0.05, 0.1) is 7.11 Å². The van der Waals surface area contributed by atoms with E-state index in [2.05, 4.69) is 35.8 Å². The predicted octanol–water partition coefficient (Wildman–Crippen LogP) is 4.85. The number of hydrogen-bond donors (Lipinski definition) is 1. The average Bonchev–Trinajstić information content (AvgIpc) is 3.11. The monoisotopic (exact) mass is 486 g/mol. The zero-order valence-corrected chi connectivity index (χ0v) is 22.2. The zero-order valence-electron chi connectivity index (χ0n) is 22.2. The summed E-state index contributed by atoms with van der Waals surface area (Å²) in [5, 5.41) is 3.55. The van der Waals surface area contributed by atoms with Crippen molar-refractivity contribution < 1.29 is 9.13 Å². The van der Waals surface area contributed by atoms with Crippen LogP contribution in [0.5, 0.6) is 5.75 Å². The number of halogens is 1. The average molecular weight is 487 g/mol. The van der Waals surface area contributed by atoms with Crippen LogP contribution in [0.1, 0.15) is 58.3 Å². The summed E-state index contributed by atoms with van der Waals surface area (Å²) < 4.78 is 19.4. The number of likely N-dealkylation sites (tertiary alicyclic amines) is 1. The molecule has 35 heavy (non-hydrogen) atoms. The van der Waals surface area contributed by atoms with E-state index in [4.69, 9.17) is 14.7 Å². The molecule has 1 aliphatic heterocycles. The van der Waals surface area contributed by atoms with Gasteiger partial charge in [-0.05, 0) is 64.9 Å². The Hall–Kier alpha value is -2.61. The van der Waals surface area contributed by atoms with Gasteiger partial charge in [0, 0.05) is 37.9 Å². The Morgan fingerprint density at radius 2 is 1.74 bits per heavy atom. The van der Waals surface area contributed by atoms with E-state index in [1.807, 2.05) is 24.9 Å². The quantitative estimate of drug-likeness (QED) is 0.354. The van der Waals surface area contributed by atoms with Crippen LogP contribution in [0.3, 0.4) is 0 Å². The molecule has 3 rings (SSSR count). The van der Waals surface area contributed by atoms with Gasteiger partial charge in [-0.25, -0.2) is 4.39 Å². The smallest absolute Gasteiger partial charge is 0.228 e. The summed E-state index contributed by atoms with van der Waals surface area (Å²) in [7, 11) is 7.57. The maximum absolute atomic E-state index is 14.3. The summed E-state index contributed by atoms with van der Waals surface area (Å²) in [4.78, 5) is 16.2. The van der Waals surface area contributed by atoms with Crippen molar-refractivity contribution in [1.29, 1.82) is 0 Å². The highest BCUT2D eigenvalue weighted by Gasteiger charge is 2.24. The van der Waals surface area contributed by atoms with Crippen molar-refractivity contribution in [3.63, 3.8) is 0 Å². The lowest BCUT2D eigenvalue weighted by Crippen LogP contribution is -2.44. The summed E-state index contributed by atoms with van der Waals surface area (Å²) in [6, 6.07) is 5.69. The molecule has 0 spiro atoms. The van der Waals surface area contributed by atoms with Crippen LogP contribution in [0.25, 0.3) is 0 Å². The molecular weight excluding hydrogens is 443 g/mol. The van der Waals surface area contributed by atoms with Crippen LogP contribution >= 0.6 is 0 Å². The third kappa shape index (κ3) is 7.69. The largest absolute Gasteiger partial charge is 0.494 e. The molecule has 1 saturated heterocycles. The molecule has 2 fully saturated rings. The number of guanidine groups is 1. The number of hydrogen-bond acceptors (Lipinski definition) is 4. The number of nitrogens with one attached hydrogen (secondary N) is 1. The molecule has 0 aromatic heterocycles. The minimum atomic E-state index is -0.400. The van der Waals surface area contributed by atoms with Crippen LogP contribution in [0.15, 0.2) is 40.6 Å². The molecular formula is C27H43FN6O. The van der Waals surface area contributed by atoms with Crippen molar-refractivity contribution in [2.45, 2.75) is 70.4 Å². The molecule has 0 bridgehead atoms. The van der Waals surface area contributed by atoms with Crippen molar-refractivity contribution in [1.82, 2.24) is 15.1 Å². The SMILES string of the molecule is C=C(/N=C(\N=C(/C)N(C)c1ccc(OC)c(F)c1)N(C)C1CCN(C)CC1)NC1CCCCCC1. The Kier molecular flexibility index (Phi) is 9.95. The fourth-order valence-corrected chi connectivity index (χ4v) is 4.81. The highest BCUT2D eigenvalue weighted by Crippen LogP contribution is 2.24. The van der Waals surface area contributed by atoms with Gasteiger partial charge in [0.25, 0.3) is 0 Å². The van der Waals surface area contributed by atoms with Gasteiger partial charge in [0.15, 0.2) is 11.6 Å². The number of methoxy groups -OCH3 is 1. The lowest BCUT2D eigenvalue weighted by atomic mass is 10.0.